The van der Waals surface area contributed by atoms with Crippen molar-refractivity contribution in [3.63, 3.8) is 0 Å². The van der Waals surface area contributed by atoms with E-state index in [1.54, 1.807) is 0 Å². The summed E-state index contributed by atoms with van der Waals surface area (Å²) >= 11 is 1.46. The lowest BCUT2D eigenvalue weighted by atomic mass is 10.1. The molecule has 2 fully saturated rings. The number of rotatable bonds is 5. The second-order valence-electron chi connectivity index (χ2n) is 9.31. The Kier molecular flexibility index (Phi) is 6.20. The van der Waals surface area contributed by atoms with Crippen molar-refractivity contribution >= 4 is 45.5 Å². The molecule has 4 nitrogen and oxygen atoms in total. The second-order valence-corrected chi connectivity index (χ2v) is 10.3. The van der Waals surface area contributed by atoms with Gasteiger partial charge in [-0.15, -0.1) is 0 Å². The normalized spacial score (nSPS) is 18.8. The third-order valence-electron chi connectivity index (χ3n) is 6.88. The standard InChI is InChI=1S/C30H26FN3OS/c31-23-16-14-21(15-17-23)19-33-20-22(26-12-6-7-13-27(26)33)18-28-29(35)34(25-10-4-5-11-25)30(36-28)32-24-8-2-1-3-9-24/h1-3,6-9,12-18,20,25H,4-5,10-11,19H2/b28-18-,32-30?. The minimum absolute atomic E-state index is 0.0388. The number of para-hydroxylation sites is 2. The maximum Gasteiger partial charge on any atom is 0.267 e. The molecule has 3 aromatic carbocycles. The van der Waals surface area contributed by atoms with Gasteiger partial charge in [0.15, 0.2) is 5.17 Å². The predicted molar refractivity (Wildman–Crippen MR) is 146 cm³/mol. The number of fused-ring (bicyclic) bond motifs is 1. The molecule has 1 aromatic heterocycles. The highest BCUT2D eigenvalue weighted by molar-refractivity contribution is 8.18. The van der Waals surface area contributed by atoms with Crippen molar-refractivity contribution in [2.75, 3.05) is 0 Å². The van der Waals surface area contributed by atoms with Gasteiger partial charge in [-0.25, -0.2) is 9.38 Å². The summed E-state index contributed by atoms with van der Waals surface area (Å²) in [5, 5.41) is 1.85. The van der Waals surface area contributed by atoms with Gasteiger partial charge in [-0.1, -0.05) is 61.4 Å². The van der Waals surface area contributed by atoms with Crippen LogP contribution in [0.5, 0.6) is 0 Å². The Morgan fingerprint density at radius 3 is 2.44 bits per heavy atom. The number of amides is 1. The summed E-state index contributed by atoms with van der Waals surface area (Å²) in [6.45, 7) is 0.625. The molecule has 6 rings (SSSR count). The van der Waals surface area contributed by atoms with Crippen LogP contribution in [0.1, 0.15) is 36.8 Å². The molecule has 0 N–H and O–H groups in total. The molecule has 6 heteroatoms. The Morgan fingerprint density at radius 1 is 0.944 bits per heavy atom. The molecule has 1 saturated heterocycles. The van der Waals surface area contributed by atoms with Crippen molar-refractivity contribution in [2.45, 2.75) is 38.3 Å². The molecule has 0 spiro atoms. The molecular formula is C30H26FN3OS. The summed E-state index contributed by atoms with van der Waals surface area (Å²) in [4.78, 5) is 21.2. The van der Waals surface area contributed by atoms with E-state index in [4.69, 9.17) is 4.99 Å². The lowest BCUT2D eigenvalue weighted by Crippen LogP contribution is -2.37. The molecule has 0 bridgehead atoms. The molecule has 0 atom stereocenters. The first-order chi connectivity index (χ1) is 17.7. The Balaban J connectivity index is 1.38. The fourth-order valence-corrected chi connectivity index (χ4v) is 6.16. The minimum Gasteiger partial charge on any atom is -0.342 e. The lowest BCUT2D eigenvalue weighted by Gasteiger charge is -2.22. The van der Waals surface area contributed by atoms with Crippen LogP contribution in [-0.4, -0.2) is 26.6 Å². The molecule has 2 aliphatic rings. The molecule has 0 radical (unpaired) electrons. The van der Waals surface area contributed by atoms with Gasteiger partial charge in [0.25, 0.3) is 5.91 Å². The van der Waals surface area contributed by atoms with Crippen molar-refractivity contribution in [3.8, 4) is 0 Å². The molecule has 1 amide bonds. The Labute approximate surface area is 214 Å². The van der Waals surface area contributed by atoms with E-state index >= 15 is 0 Å². The van der Waals surface area contributed by atoms with Crippen LogP contribution >= 0.6 is 11.8 Å². The number of carbonyl (C=O) groups excluding carboxylic acids is 1. The van der Waals surface area contributed by atoms with Crippen LogP contribution in [0.2, 0.25) is 0 Å². The smallest absolute Gasteiger partial charge is 0.267 e. The van der Waals surface area contributed by atoms with Crippen LogP contribution in [0.4, 0.5) is 10.1 Å². The number of hydrogen-bond acceptors (Lipinski definition) is 3. The van der Waals surface area contributed by atoms with Crippen LogP contribution in [0.25, 0.3) is 17.0 Å². The second kappa shape index (κ2) is 9.78. The first kappa shape index (κ1) is 22.8. The van der Waals surface area contributed by atoms with Gasteiger partial charge in [0.05, 0.1) is 10.6 Å². The number of aliphatic imine (C=N–C) groups is 1. The van der Waals surface area contributed by atoms with Gasteiger partial charge in [0.1, 0.15) is 5.82 Å². The Morgan fingerprint density at radius 2 is 1.67 bits per heavy atom. The maximum absolute atomic E-state index is 13.7. The largest absolute Gasteiger partial charge is 0.342 e. The number of benzene rings is 3. The number of nitrogens with zero attached hydrogens (tertiary/aromatic N) is 3. The third kappa shape index (κ3) is 4.49. The maximum atomic E-state index is 13.7. The number of thioether (sulfide) groups is 1. The highest BCUT2D eigenvalue weighted by atomic mass is 32.2. The quantitative estimate of drug-likeness (QED) is 0.271. The van der Waals surface area contributed by atoms with Crippen molar-refractivity contribution in [1.29, 1.82) is 0 Å². The van der Waals surface area contributed by atoms with Crippen LogP contribution in [0.15, 0.2) is 95.0 Å². The van der Waals surface area contributed by atoms with Crippen LogP contribution in [0.3, 0.4) is 0 Å². The monoisotopic (exact) mass is 495 g/mol. The van der Waals surface area contributed by atoms with E-state index in [1.165, 1.54) is 23.9 Å². The predicted octanol–water partition coefficient (Wildman–Crippen LogP) is 7.38. The minimum atomic E-state index is -0.238. The first-order valence-corrected chi connectivity index (χ1v) is 13.2. The zero-order valence-corrected chi connectivity index (χ0v) is 20.6. The summed E-state index contributed by atoms with van der Waals surface area (Å²) < 4.78 is 15.6. The van der Waals surface area contributed by atoms with Crippen molar-refractivity contribution in [3.05, 3.63) is 107 Å². The Hall–Kier alpha value is -3.64. The number of hydrogen-bond donors (Lipinski definition) is 0. The topological polar surface area (TPSA) is 37.6 Å². The first-order valence-electron chi connectivity index (χ1n) is 12.3. The molecule has 36 heavy (non-hydrogen) atoms. The van der Waals surface area contributed by atoms with E-state index in [2.05, 4.69) is 22.9 Å². The van der Waals surface area contributed by atoms with E-state index < -0.39 is 0 Å². The summed E-state index contributed by atoms with van der Waals surface area (Å²) in [7, 11) is 0. The highest BCUT2D eigenvalue weighted by Gasteiger charge is 2.39. The molecular weight excluding hydrogens is 469 g/mol. The van der Waals surface area contributed by atoms with Gasteiger partial charge in [0.2, 0.25) is 0 Å². The van der Waals surface area contributed by atoms with E-state index in [0.29, 0.717) is 11.4 Å². The molecule has 0 unspecified atom stereocenters. The third-order valence-corrected chi connectivity index (χ3v) is 7.86. The number of aromatic nitrogens is 1. The number of amidine groups is 1. The fraction of sp³-hybridized carbons (Fsp3) is 0.200. The van der Waals surface area contributed by atoms with Crippen molar-refractivity contribution < 1.29 is 9.18 Å². The van der Waals surface area contributed by atoms with Crippen LogP contribution < -0.4 is 0 Å². The zero-order valence-electron chi connectivity index (χ0n) is 19.8. The highest BCUT2D eigenvalue weighted by Crippen LogP contribution is 2.39. The molecule has 1 aliphatic carbocycles. The van der Waals surface area contributed by atoms with E-state index in [0.717, 1.165) is 58.6 Å². The molecule has 4 aromatic rings. The summed E-state index contributed by atoms with van der Waals surface area (Å²) in [6, 6.07) is 24.8. The van der Waals surface area contributed by atoms with Gasteiger partial charge in [-0.2, -0.15) is 0 Å². The van der Waals surface area contributed by atoms with Gasteiger partial charge in [-0.3, -0.25) is 9.69 Å². The molecule has 180 valence electrons. The van der Waals surface area contributed by atoms with E-state index in [9.17, 15) is 9.18 Å². The molecule has 1 aliphatic heterocycles. The molecule has 2 heterocycles. The summed E-state index contributed by atoms with van der Waals surface area (Å²) in [5.41, 5.74) is 3.95. The van der Waals surface area contributed by atoms with Gasteiger partial charge in [-0.05, 0) is 66.6 Å². The average molecular weight is 496 g/mol. The lowest BCUT2D eigenvalue weighted by molar-refractivity contribution is -0.123. The van der Waals surface area contributed by atoms with Gasteiger partial charge in [0, 0.05) is 35.2 Å². The van der Waals surface area contributed by atoms with Gasteiger partial charge >= 0.3 is 0 Å². The van der Waals surface area contributed by atoms with Crippen LogP contribution in [0, 0.1) is 5.82 Å². The van der Waals surface area contributed by atoms with Crippen molar-refractivity contribution in [2.24, 2.45) is 4.99 Å². The zero-order chi connectivity index (χ0) is 24.5. The summed E-state index contributed by atoms with van der Waals surface area (Å²) in [6.07, 6.45) is 8.42. The van der Waals surface area contributed by atoms with E-state index in [-0.39, 0.29) is 17.8 Å². The van der Waals surface area contributed by atoms with Crippen LogP contribution in [-0.2, 0) is 11.3 Å². The van der Waals surface area contributed by atoms with E-state index in [1.807, 2.05) is 65.6 Å². The fourth-order valence-electron chi connectivity index (χ4n) is 5.11. The Bertz CT molecular complexity index is 1470. The number of carbonyl (C=O) groups is 1. The van der Waals surface area contributed by atoms with Gasteiger partial charge < -0.3 is 4.57 Å². The summed E-state index contributed by atoms with van der Waals surface area (Å²) in [5.74, 6) is -0.199. The average Bonchev–Trinajstić information content (AvgIpc) is 3.61. The molecule has 1 saturated carbocycles. The van der Waals surface area contributed by atoms with Crippen molar-refractivity contribution in [1.82, 2.24) is 9.47 Å². The number of halogens is 1. The SMILES string of the molecule is O=C1/C(=C/c2cn(Cc3ccc(F)cc3)c3ccccc23)SC(=Nc2ccccc2)N1C1CCCC1.